The Bertz CT molecular complexity index is 932. The van der Waals surface area contributed by atoms with Crippen molar-refractivity contribution in [2.45, 2.75) is 27.7 Å². The SMILES string of the molecule is CCOC(=O)c1c(C)nc(Nc2nc(C)c3ccccc3n2)nc1C. The van der Waals surface area contributed by atoms with E-state index in [0.29, 0.717) is 35.5 Å². The summed E-state index contributed by atoms with van der Waals surface area (Å²) in [5, 5.41) is 4.02. The van der Waals surface area contributed by atoms with Crippen LogP contribution in [0.1, 0.15) is 34.4 Å². The average Bonchev–Trinajstić information content (AvgIpc) is 2.54. The third-order valence-electron chi connectivity index (χ3n) is 3.77. The number of carbonyl (C=O) groups is 1. The molecule has 7 nitrogen and oxygen atoms in total. The van der Waals surface area contributed by atoms with Crippen LogP contribution in [0.5, 0.6) is 0 Å². The third kappa shape index (κ3) is 3.40. The Kier molecular flexibility index (Phi) is 4.56. The number of benzene rings is 1. The molecule has 0 bridgehead atoms. The fourth-order valence-electron chi connectivity index (χ4n) is 2.66. The summed E-state index contributed by atoms with van der Waals surface area (Å²) in [6.07, 6.45) is 0. The number of rotatable bonds is 4. The number of para-hydroxylation sites is 1. The molecule has 1 aromatic carbocycles. The highest BCUT2D eigenvalue weighted by atomic mass is 16.5. The number of nitrogens with one attached hydrogen (secondary N) is 1. The van der Waals surface area contributed by atoms with Crippen LogP contribution in [0.25, 0.3) is 10.9 Å². The molecule has 0 spiro atoms. The van der Waals surface area contributed by atoms with E-state index in [4.69, 9.17) is 4.74 Å². The van der Waals surface area contributed by atoms with Crippen molar-refractivity contribution in [3.05, 3.63) is 46.9 Å². The lowest BCUT2D eigenvalue weighted by atomic mass is 10.2. The van der Waals surface area contributed by atoms with E-state index in [2.05, 4.69) is 25.3 Å². The summed E-state index contributed by atoms with van der Waals surface area (Å²) in [4.78, 5) is 29.6. The van der Waals surface area contributed by atoms with Crippen LogP contribution >= 0.6 is 0 Å². The molecule has 0 amide bonds. The number of fused-ring (bicyclic) bond motifs is 1. The van der Waals surface area contributed by atoms with E-state index >= 15 is 0 Å². The smallest absolute Gasteiger partial charge is 0.341 e. The first-order chi connectivity index (χ1) is 12.0. The van der Waals surface area contributed by atoms with E-state index in [-0.39, 0.29) is 0 Å². The molecular weight excluding hydrogens is 318 g/mol. The van der Waals surface area contributed by atoms with E-state index in [0.717, 1.165) is 16.6 Å². The van der Waals surface area contributed by atoms with Gasteiger partial charge in [-0.15, -0.1) is 0 Å². The minimum Gasteiger partial charge on any atom is -0.462 e. The molecule has 0 atom stereocenters. The first-order valence-electron chi connectivity index (χ1n) is 8.02. The van der Waals surface area contributed by atoms with Crippen molar-refractivity contribution in [3.63, 3.8) is 0 Å². The molecule has 2 heterocycles. The standard InChI is InChI=1S/C18H19N5O2/c1-5-25-16(24)15-11(3)20-17(21-12(15)4)23-18-19-10(2)13-8-6-7-9-14(13)22-18/h6-9H,5H2,1-4H3,(H,19,20,21,22,23). The molecule has 1 N–H and O–H groups in total. The minimum absolute atomic E-state index is 0.307. The molecule has 0 unspecified atom stereocenters. The molecule has 2 aromatic heterocycles. The molecular formula is C18H19N5O2. The van der Waals surface area contributed by atoms with Gasteiger partial charge in [0.15, 0.2) is 0 Å². The number of hydrogen-bond acceptors (Lipinski definition) is 7. The Labute approximate surface area is 145 Å². The highest BCUT2D eigenvalue weighted by Gasteiger charge is 2.17. The van der Waals surface area contributed by atoms with Gasteiger partial charge < -0.3 is 4.74 Å². The van der Waals surface area contributed by atoms with Gasteiger partial charge in [-0.2, -0.15) is 0 Å². The van der Waals surface area contributed by atoms with Gasteiger partial charge in [0.2, 0.25) is 11.9 Å². The normalized spacial score (nSPS) is 10.7. The molecule has 0 aliphatic carbocycles. The van der Waals surface area contributed by atoms with Gasteiger partial charge >= 0.3 is 5.97 Å². The Hall–Kier alpha value is -3.09. The maximum Gasteiger partial charge on any atom is 0.341 e. The van der Waals surface area contributed by atoms with Crippen molar-refractivity contribution in [3.8, 4) is 0 Å². The molecule has 0 saturated carbocycles. The van der Waals surface area contributed by atoms with Gasteiger partial charge in [0.25, 0.3) is 0 Å². The number of ether oxygens (including phenoxy) is 1. The second-order valence-corrected chi connectivity index (χ2v) is 5.59. The first kappa shape index (κ1) is 16.8. The number of esters is 1. The van der Waals surface area contributed by atoms with Gasteiger partial charge in [-0.1, -0.05) is 18.2 Å². The maximum atomic E-state index is 12.0. The molecule has 3 rings (SSSR count). The topological polar surface area (TPSA) is 89.9 Å². The van der Waals surface area contributed by atoms with Crippen LogP contribution in [0.4, 0.5) is 11.9 Å². The Morgan fingerprint density at radius 3 is 2.24 bits per heavy atom. The molecule has 7 heteroatoms. The Morgan fingerprint density at radius 2 is 1.56 bits per heavy atom. The summed E-state index contributed by atoms with van der Waals surface area (Å²) >= 11 is 0. The summed E-state index contributed by atoms with van der Waals surface area (Å²) in [5.41, 5.74) is 3.19. The van der Waals surface area contributed by atoms with E-state index in [1.165, 1.54) is 0 Å². The lowest BCUT2D eigenvalue weighted by molar-refractivity contribution is 0.0523. The predicted octanol–water partition coefficient (Wildman–Crippen LogP) is 3.27. The maximum absolute atomic E-state index is 12.0. The second-order valence-electron chi connectivity index (χ2n) is 5.59. The van der Waals surface area contributed by atoms with E-state index in [1.54, 1.807) is 20.8 Å². The van der Waals surface area contributed by atoms with Crippen LogP contribution in [0, 0.1) is 20.8 Å². The zero-order chi connectivity index (χ0) is 18.0. The number of aromatic nitrogens is 4. The number of aryl methyl sites for hydroxylation is 3. The highest BCUT2D eigenvalue weighted by molar-refractivity contribution is 5.91. The molecule has 25 heavy (non-hydrogen) atoms. The zero-order valence-electron chi connectivity index (χ0n) is 14.6. The number of carbonyl (C=O) groups excluding carboxylic acids is 1. The predicted molar refractivity (Wildman–Crippen MR) is 95.0 cm³/mol. The van der Waals surface area contributed by atoms with E-state index in [1.807, 2.05) is 31.2 Å². The number of anilines is 2. The summed E-state index contributed by atoms with van der Waals surface area (Å²) in [7, 11) is 0. The van der Waals surface area contributed by atoms with Crippen LogP contribution in [-0.4, -0.2) is 32.5 Å². The number of nitrogens with zero attached hydrogens (tertiary/aromatic N) is 4. The van der Waals surface area contributed by atoms with Crippen LogP contribution in [-0.2, 0) is 4.74 Å². The van der Waals surface area contributed by atoms with Crippen LogP contribution in [0.2, 0.25) is 0 Å². The van der Waals surface area contributed by atoms with E-state index in [9.17, 15) is 4.79 Å². The molecule has 128 valence electrons. The second kappa shape index (κ2) is 6.80. The zero-order valence-corrected chi connectivity index (χ0v) is 14.6. The van der Waals surface area contributed by atoms with Crippen molar-refractivity contribution in [2.24, 2.45) is 0 Å². The summed E-state index contributed by atoms with van der Waals surface area (Å²) in [5.74, 6) is 0.346. The summed E-state index contributed by atoms with van der Waals surface area (Å²) in [6, 6.07) is 7.79. The molecule has 0 radical (unpaired) electrons. The number of hydrogen-bond donors (Lipinski definition) is 1. The van der Waals surface area contributed by atoms with Crippen molar-refractivity contribution < 1.29 is 9.53 Å². The fraction of sp³-hybridized carbons (Fsp3) is 0.278. The lowest BCUT2D eigenvalue weighted by Gasteiger charge is -2.11. The molecule has 0 saturated heterocycles. The van der Waals surface area contributed by atoms with Crippen LogP contribution < -0.4 is 5.32 Å². The Balaban J connectivity index is 1.95. The molecule has 0 aliphatic rings. The largest absolute Gasteiger partial charge is 0.462 e. The van der Waals surface area contributed by atoms with Crippen molar-refractivity contribution in [1.29, 1.82) is 0 Å². The van der Waals surface area contributed by atoms with Gasteiger partial charge in [-0.3, -0.25) is 5.32 Å². The van der Waals surface area contributed by atoms with Gasteiger partial charge in [-0.05, 0) is 33.8 Å². The quantitative estimate of drug-likeness (QED) is 0.731. The summed E-state index contributed by atoms with van der Waals surface area (Å²) < 4.78 is 5.05. The van der Waals surface area contributed by atoms with Gasteiger partial charge in [0, 0.05) is 5.39 Å². The summed E-state index contributed by atoms with van der Waals surface area (Å²) in [6.45, 7) is 7.49. The molecule has 0 fully saturated rings. The molecule has 3 aromatic rings. The van der Waals surface area contributed by atoms with Crippen LogP contribution in [0.15, 0.2) is 24.3 Å². The van der Waals surface area contributed by atoms with Crippen LogP contribution in [0.3, 0.4) is 0 Å². The van der Waals surface area contributed by atoms with Gasteiger partial charge in [-0.25, -0.2) is 24.7 Å². The highest BCUT2D eigenvalue weighted by Crippen LogP contribution is 2.19. The first-order valence-corrected chi connectivity index (χ1v) is 8.02. The van der Waals surface area contributed by atoms with Gasteiger partial charge in [0.05, 0.1) is 29.2 Å². The van der Waals surface area contributed by atoms with Crippen molar-refractivity contribution >= 4 is 28.8 Å². The van der Waals surface area contributed by atoms with E-state index < -0.39 is 5.97 Å². The Morgan fingerprint density at radius 1 is 0.960 bits per heavy atom. The van der Waals surface area contributed by atoms with Crippen molar-refractivity contribution in [1.82, 2.24) is 19.9 Å². The van der Waals surface area contributed by atoms with Gasteiger partial charge in [0.1, 0.15) is 5.56 Å². The molecule has 0 aliphatic heterocycles. The average molecular weight is 337 g/mol. The lowest BCUT2D eigenvalue weighted by Crippen LogP contribution is -2.13. The fourth-order valence-corrected chi connectivity index (χ4v) is 2.66. The minimum atomic E-state index is -0.415. The third-order valence-corrected chi connectivity index (χ3v) is 3.77. The monoisotopic (exact) mass is 337 g/mol. The van der Waals surface area contributed by atoms with Crippen molar-refractivity contribution in [2.75, 3.05) is 11.9 Å².